The van der Waals surface area contributed by atoms with Crippen LogP contribution < -0.4 is 5.32 Å². The SMILES string of the molecule is N#CC(NCCN=[N+]=[N-])c1sccc1Br. The van der Waals surface area contributed by atoms with Gasteiger partial charge in [-0.1, -0.05) is 5.11 Å². The zero-order valence-corrected chi connectivity index (χ0v) is 10.1. The molecule has 78 valence electrons. The van der Waals surface area contributed by atoms with E-state index in [1.54, 1.807) is 0 Å². The Morgan fingerprint density at radius 1 is 1.80 bits per heavy atom. The second kappa shape index (κ2) is 6.43. The molecule has 7 heteroatoms. The number of rotatable bonds is 5. The average Bonchev–Trinajstić information content (AvgIpc) is 2.65. The van der Waals surface area contributed by atoms with Gasteiger partial charge in [0, 0.05) is 22.5 Å². The van der Waals surface area contributed by atoms with E-state index in [9.17, 15) is 0 Å². The van der Waals surface area contributed by atoms with Crippen molar-refractivity contribution < 1.29 is 0 Å². The lowest BCUT2D eigenvalue weighted by molar-refractivity contribution is 0.641. The molecule has 0 amide bonds. The lowest BCUT2D eigenvalue weighted by atomic mass is 10.2. The minimum atomic E-state index is -0.353. The largest absolute Gasteiger partial charge is 0.297 e. The normalized spacial score (nSPS) is 11.5. The molecular weight excluding hydrogens is 278 g/mol. The summed E-state index contributed by atoms with van der Waals surface area (Å²) in [6, 6.07) is 3.71. The molecule has 1 heterocycles. The van der Waals surface area contributed by atoms with Crippen LogP contribution in [0.5, 0.6) is 0 Å². The average molecular weight is 286 g/mol. The number of nitriles is 1. The minimum absolute atomic E-state index is 0.345. The Hall–Kier alpha value is -1.06. The summed E-state index contributed by atoms with van der Waals surface area (Å²) < 4.78 is 0.926. The number of thiophene rings is 1. The summed E-state index contributed by atoms with van der Waals surface area (Å²) in [7, 11) is 0. The first-order valence-corrected chi connectivity index (χ1v) is 5.83. The van der Waals surface area contributed by atoms with Crippen molar-refractivity contribution in [2.24, 2.45) is 5.11 Å². The molecule has 1 aromatic rings. The third-order valence-electron chi connectivity index (χ3n) is 1.66. The number of azide groups is 1. The Kier molecular flexibility index (Phi) is 5.15. The first kappa shape index (κ1) is 12.0. The molecule has 0 fully saturated rings. The third kappa shape index (κ3) is 3.53. The summed E-state index contributed by atoms with van der Waals surface area (Å²) in [4.78, 5) is 3.58. The fraction of sp³-hybridized carbons (Fsp3) is 0.375. The molecule has 5 nitrogen and oxygen atoms in total. The summed E-state index contributed by atoms with van der Waals surface area (Å²) in [6.45, 7) is 0.838. The van der Waals surface area contributed by atoms with Gasteiger partial charge in [-0.3, -0.25) is 5.32 Å². The molecule has 1 atom stereocenters. The molecule has 0 saturated heterocycles. The van der Waals surface area contributed by atoms with Crippen molar-refractivity contribution in [3.05, 3.63) is 31.2 Å². The van der Waals surface area contributed by atoms with Crippen LogP contribution in [-0.2, 0) is 0 Å². The predicted octanol–water partition coefficient (Wildman–Crippen LogP) is 2.98. The summed E-state index contributed by atoms with van der Waals surface area (Å²) in [5, 5.41) is 17.2. The monoisotopic (exact) mass is 285 g/mol. The second-order valence-corrected chi connectivity index (χ2v) is 4.41. The molecule has 1 rings (SSSR count). The van der Waals surface area contributed by atoms with E-state index < -0.39 is 0 Å². The zero-order valence-electron chi connectivity index (χ0n) is 7.72. The number of hydrogen-bond acceptors (Lipinski definition) is 4. The number of nitrogens with one attached hydrogen (secondary N) is 1. The molecule has 1 aromatic heterocycles. The summed E-state index contributed by atoms with van der Waals surface area (Å²) in [5.74, 6) is 0. The maximum Gasteiger partial charge on any atom is 0.131 e. The van der Waals surface area contributed by atoms with Gasteiger partial charge in [0.1, 0.15) is 6.04 Å². The maximum absolute atomic E-state index is 8.95. The van der Waals surface area contributed by atoms with Gasteiger partial charge in [-0.05, 0) is 32.9 Å². The van der Waals surface area contributed by atoms with Crippen molar-refractivity contribution in [2.75, 3.05) is 13.1 Å². The van der Waals surface area contributed by atoms with Crippen molar-refractivity contribution >= 4 is 27.3 Å². The molecule has 1 N–H and O–H groups in total. The molecule has 0 aromatic carbocycles. The molecule has 0 aliphatic rings. The van der Waals surface area contributed by atoms with Crippen LogP contribution in [0.2, 0.25) is 0 Å². The molecule has 15 heavy (non-hydrogen) atoms. The summed E-state index contributed by atoms with van der Waals surface area (Å²) in [6.07, 6.45) is 0. The van der Waals surface area contributed by atoms with Crippen LogP contribution >= 0.6 is 27.3 Å². The highest BCUT2D eigenvalue weighted by Crippen LogP contribution is 2.28. The fourth-order valence-corrected chi connectivity index (χ4v) is 2.63. The van der Waals surface area contributed by atoms with E-state index in [0.717, 1.165) is 9.35 Å². The molecule has 0 spiro atoms. The standard InChI is InChI=1S/C8H8BrN5S/c9-6-1-4-15-8(6)7(5-10)12-2-3-13-14-11/h1,4,7,12H,2-3H2. The lowest BCUT2D eigenvalue weighted by Crippen LogP contribution is -2.22. The van der Waals surface area contributed by atoms with Gasteiger partial charge in [-0.2, -0.15) is 5.26 Å². The quantitative estimate of drug-likeness (QED) is 0.390. The second-order valence-electron chi connectivity index (χ2n) is 2.60. The van der Waals surface area contributed by atoms with E-state index in [2.05, 4.69) is 37.3 Å². The van der Waals surface area contributed by atoms with Crippen LogP contribution in [0.1, 0.15) is 10.9 Å². The molecule has 0 saturated carbocycles. The van der Waals surface area contributed by atoms with Crippen LogP contribution in [0.15, 0.2) is 21.0 Å². The third-order valence-corrected chi connectivity index (χ3v) is 3.60. The van der Waals surface area contributed by atoms with Crippen molar-refractivity contribution in [1.82, 2.24) is 5.32 Å². The van der Waals surface area contributed by atoms with Crippen molar-refractivity contribution in [3.8, 4) is 6.07 Å². The van der Waals surface area contributed by atoms with Crippen LogP contribution in [0.4, 0.5) is 0 Å². The van der Waals surface area contributed by atoms with E-state index in [0.29, 0.717) is 13.1 Å². The van der Waals surface area contributed by atoms with Gasteiger partial charge in [0.25, 0.3) is 0 Å². The van der Waals surface area contributed by atoms with Crippen molar-refractivity contribution in [1.29, 1.82) is 5.26 Å². The first-order valence-electron chi connectivity index (χ1n) is 4.16. The Labute approximate surface area is 99.5 Å². The Balaban J connectivity index is 2.54. The van der Waals surface area contributed by atoms with Crippen LogP contribution in [0.3, 0.4) is 0 Å². The number of nitrogens with zero attached hydrogens (tertiary/aromatic N) is 4. The van der Waals surface area contributed by atoms with E-state index in [1.165, 1.54) is 11.3 Å². The van der Waals surface area contributed by atoms with Gasteiger partial charge in [-0.25, -0.2) is 0 Å². The van der Waals surface area contributed by atoms with Gasteiger partial charge >= 0.3 is 0 Å². The molecular formula is C8H8BrN5S. The number of hydrogen-bond donors (Lipinski definition) is 1. The summed E-state index contributed by atoms with van der Waals surface area (Å²) >= 11 is 4.88. The Morgan fingerprint density at radius 3 is 3.13 bits per heavy atom. The molecule has 0 aliphatic carbocycles. The molecule has 0 radical (unpaired) electrons. The van der Waals surface area contributed by atoms with Gasteiger partial charge in [0.15, 0.2) is 0 Å². The van der Waals surface area contributed by atoms with Crippen LogP contribution in [0.25, 0.3) is 10.4 Å². The lowest BCUT2D eigenvalue weighted by Gasteiger charge is -2.08. The van der Waals surface area contributed by atoms with E-state index in [1.807, 2.05) is 11.4 Å². The van der Waals surface area contributed by atoms with E-state index in [4.69, 9.17) is 10.8 Å². The van der Waals surface area contributed by atoms with Gasteiger partial charge < -0.3 is 0 Å². The van der Waals surface area contributed by atoms with Crippen LogP contribution in [-0.4, -0.2) is 13.1 Å². The smallest absolute Gasteiger partial charge is 0.131 e. The maximum atomic E-state index is 8.95. The van der Waals surface area contributed by atoms with E-state index in [-0.39, 0.29) is 6.04 Å². The Bertz CT molecular complexity index is 403. The summed E-state index contributed by atoms with van der Waals surface area (Å²) in [5.41, 5.74) is 8.08. The van der Waals surface area contributed by atoms with Crippen molar-refractivity contribution in [2.45, 2.75) is 6.04 Å². The highest BCUT2D eigenvalue weighted by molar-refractivity contribution is 9.10. The minimum Gasteiger partial charge on any atom is -0.297 e. The molecule has 0 aliphatic heterocycles. The van der Waals surface area contributed by atoms with Crippen LogP contribution in [0, 0.1) is 11.3 Å². The predicted molar refractivity (Wildman–Crippen MR) is 62.4 cm³/mol. The number of halogens is 1. The van der Waals surface area contributed by atoms with Gasteiger partial charge in [0.05, 0.1) is 10.9 Å². The van der Waals surface area contributed by atoms with Gasteiger partial charge in [-0.15, -0.1) is 11.3 Å². The molecule has 1 unspecified atom stereocenters. The van der Waals surface area contributed by atoms with Gasteiger partial charge in [0.2, 0.25) is 0 Å². The van der Waals surface area contributed by atoms with Crippen molar-refractivity contribution in [3.63, 3.8) is 0 Å². The molecule has 0 bridgehead atoms. The Morgan fingerprint density at radius 2 is 2.60 bits per heavy atom. The first-order chi connectivity index (χ1) is 7.29. The zero-order chi connectivity index (χ0) is 11.1. The van der Waals surface area contributed by atoms with E-state index >= 15 is 0 Å². The fourth-order valence-electron chi connectivity index (χ4n) is 1.01. The highest BCUT2D eigenvalue weighted by Gasteiger charge is 2.13. The highest BCUT2D eigenvalue weighted by atomic mass is 79.9. The topological polar surface area (TPSA) is 84.6 Å².